The number of ether oxygens (including phenoxy) is 3. The first-order chi connectivity index (χ1) is 15.8. The number of carbonyl (C=O) groups is 3. The molecule has 3 rings (SSSR count). The van der Waals surface area contributed by atoms with E-state index in [1.54, 1.807) is 0 Å². The number of ketones is 1. The van der Waals surface area contributed by atoms with Gasteiger partial charge < -0.3 is 19.3 Å². The molecule has 0 aromatic heterocycles. The van der Waals surface area contributed by atoms with E-state index >= 15 is 0 Å². The van der Waals surface area contributed by atoms with Gasteiger partial charge in [-0.2, -0.15) is 0 Å². The summed E-state index contributed by atoms with van der Waals surface area (Å²) in [5.74, 6) is -3.85. The normalized spacial score (nSPS) is 16.1. The Kier molecular flexibility index (Phi) is 7.94. The number of benzene rings is 2. The zero-order valence-electron chi connectivity index (χ0n) is 17.9. The number of methoxy groups -OCH3 is 1. The fourth-order valence-electron chi connectivity index (χ4n) is 3.52. The molecule has 0 aliphatic carbocycles. The van der Waals surface area contributed by atoms with E-state index in [9.17, 15) is 28.3 Å². The summed E-state index contributed by atoms with van der Waals surface area (Å²) in [5, 5.41) is 9.36. The average molecular weight is 463 g/mol. The van der Waals surface area contributed by atoms with Crippen molar-refractivity contribution in [2.75, 3.05) is 20.4 Å². The first-order valence-electron chi connectivity index (χ1n) is 10.3. The number of esters is 1. The number of hydrogen-bond donors (Lipinski definition) is 1. The predicted molar refractivity (Wildman–Crippen MR) is 111 cm³/mol. The number of nitrogens with zero attached hydrogens (tertiary/aromatic N) is 1. The van der Waals surface area contributed by atoms with Crippen molar-refractivity contribution in [3.63, 3.8) is 0 Å². The van der Waals surface area contributed by atoms with Crippen molar-refractivity contribution >= 4 is 17.8 Å². The largest absolute Gasteiger partial charge is 0.467 e. The monoisotopic (exact) mass is 463 g/mol. The third-order valence-electron chi connectivity index (χ3n) is 5.15. The van der Waals surface area contributed by atoms with Crippen LogP contribution in [-0.4, -0.2) is 54.5 Å². The van der Waals surface area contributed by atoms with E-state index in [1.807, 2.05) is 0 Å². The minimum Gasteiger partial charge on any atom is -0.467 e. The molecular formula is C23H23F2NO7. The summed E-state index contributed by atoms with van der Waals surface area (Å²) in [7, 11) is 1.32. The van der Waals surface area contributed by atoms with Gasteiger partial charge in [-0.3, -0.25) is 9.69 Å². The van der Waals surface area contributed by atoms with Gasteiger partial charge in [-0.1, -0.05) is 18.6 Å². The molecular weight excluding hydrogens is 440 g/mol. The molecule has 1 N–H and O–H groups in total. The van der Waals surface area contributed by atoms with Gasteiger partial charge in [-0.15, -0.1) is 0 Å². The van der Waals surface area contributed by atoms with Crippen LogP contribution in [0.1, 0.15) is 52.0 Å². The van der Waals surface area contributed by atoms with Crippen molar-refractivity contribution in [1.29, 1.82) is 0 Å². The smallest absolute Gasteiger partial charge is 0.410 e. The maximum absolute atomic E-state index is 14.4. The Hall–Kier alpha value is -3.53. The topological polar surface area (TPSA) is 102 Å². The SMILES string of the molecule is COCOc1cc(F)cc(F)c1C(=O)c1ccc(C(=O)OC2CCCCCN2C(=O)O)cc1. The zero-order valence-corrected chi connectivity index (χ0v) is 17.9. The molecule has 8 nitrogen and oxygen atoms in total. The van der Waals surface area contributed by atoms with Crippen LogP contribution in [0.2, 0.25) is 0 Å². The third kappa shape index (κ3) is 5.83. The van der Waals surface area contributed by atoms with E-state index in [1.165, 1.54) is 31.4 Å². The highest BCUT2D eigenvalue weighted by Gasteiger charge is 2.29. The molecule has 1 fully saturated rings. The van der Waals surface area contributed by atoms with Crippen LogP contribution >= 0.6 is 0 Å². The number of carbonyl (C=O) groups excluding carboxylic acids is 2. The molecule has 1 heterocycles. The van der Waals surface area contributed by atoms with Crippen molar-refractivity contribution < 1.29 is 42.5 Å². The van der Waals surface area contributed by atoms with Gasteiger partial charge in [0.1, 0.15) is 22.9 Å². The Balaban J connectivity index is 1.78. The van der Waals surface area contributed by atoms with Crippen LogP contribution in [0.3, 0.4) is 0 Å². The second kappa shape index (κ2) is 10.9. The number of rotatable bonds is 7. The summed E-state index contributed by atoms with van der Waals surface area (Å²) in [6.45, 7) is -0.0418. The van der Waals surface area contributed by atoms with E-state index in [4.69, 9.17) is 14.2 Å². The summed E-state index contributed by atoms with van der Waals surface area (Å²) in [6.07, 6.45) is 0.586. The molecule has 0 radical (unpaired) electrons. The van der Waals surface area contributed by atoms with Gasteiger partial charge in [0.15, 0.2) is 18.8 Å². The van der Waals surface area contributed by atoms with Crippen molar-refractivity contribution in [1.82, 2.24) is 4.90 Å². The maximum atomic E-state index is 14.4. The minimum atomic E-state index is -1.16. The summed E-state index contributed by atoms with van der Waals surface area (Å²) < 4.78 is 43.2. The lowest BCUT2D eigenvalue weighted by atomic mass is 10.0. The molecule has 1 saturated heterocycles. The van der Waals surface area contributed by atoms with Crippen LogP contribution in [0, 0.1) is 11.6 Å². The predicted octanol–water partition coefficient (Wildman–Crippen LogP) is 4.22. The minimum absolute atomic E-state index is 0.0287. The van der Waals surface area contributed by atoms with Gasteiger partial charge >= 0.3 is 12.1 Å². The quantitative estimate of drug-likeness (QED) is 0.373. The lowest BCUT2D eigenvalue weighted by molar-refractivity contribution is -0.0243. The highest BCUT2D eigenvalue weighted by atomic mass is 19.1. The molecule has 1 amide bonds. The Morgan fingerprint density at radius 2 is 1.76 bits per heavy atom. The van der Waals surface area contributed by atoms with Crippen LogP contribution in [0.4, 0.5) is 13.6 Å². The fraction of sp³-hybridized carbons (Fsp3) is 0.348. The highest BCUT2D eigenvalue weighted by molar-refractivity contribution is 6.11. The van der Waals surface area contributed by atoms with Crippen LogP contribution in [0.5, 0.6) is 5.75 Å². The zero-order chi connectivity index (χ0) is 24.0. The molecule has 1 atom stereocenters. The van der Waals surface area contributed by atoms with E-state index in [0.717, 1.165) is 23.8 Å². The van der Waals surface area contributed by atoms with Gasteiger partial charge in [0.2, 0.25) is 0 Å². The summed E-state index contributed by atoms with van der Waals surface area (Å²) in [4.78, 5) is 37.9. The van der Waals surface area contributed by atoms with Gasteiger partial charge in [0.25, 0.3) is 0 Å². The number of halogens is 2. The molecule has 33 heavy (non-hydrogen) atoms. The van der Waals surface area contributed by atoms with Gasteiger partial charge in [0, 0.05) is 37.8 Å². The first kappa shape index (κ1) is 24.1. The van der Waals surface area contributed by atoms with E-state index in [-0.39, 0.29) is 30.2 Å². The molecule has 2 aromatic carbocycles. The third-order valence-corrected chi connectivity index (χ3v) is 5.15. The second-order valence-corrected chi connectivity index (χ2v) is 7.40. The Labute approximate surface area is 188 Å². The van der Waals surface area contributed by atoms with Crippen LogP contribution in [0.15, 0.2) is 36.4 Å². The number of amides is 1. The molecule has 1 unspecified atom stereocenters. The molecule has 2 aromatic rings. The molecule has 0 saturated carbocycles. The second-order valence-electron chi connectivity index (χ2n) is 7.40. The van der Waals surface area contributed by atoms with Crippen molar-refractivity contribution in [2.45, 2.75) is 31.9 Å². The van der Waals surface area contributed by atoms with Crippen LogP contribution < -0.4 is 4.74 Å². The molecule has 10 heteroatoms. The maximum Gasteiger partial charge on any atom is 0.410 e. The summed E-state index contributed by atoms with van der Waals surface area (Å²) >= 11 is 0. The average Bonchev–Trinajstić information content (AvgIpc) is 3.02. The van der Waals surface area contributed by atoms with Crippen molar-refractivity contribution in [3.05, 3.63) is 64.7 Å². The Bertz CT molecular complexity index is 1030. The summed E-state index contributed by atoms with van der Waals surface area (Å²) in [5.41, 5.74) is -0.350. The summed E-state index contributed by atoms with van der Waals surface area (Å²) in [6, 6.07) is 6.67. The van der Waals surface area contributed by atoms with E-state index < -0.39 is 41.3 Å². The Morgan fingerprint density at radius 1 is 1.06 bits per heavy atom. The number of hydrogen-bond acceptors (Lipinski definition) is 6. The standard InChI is InChI=1S/C23H23F2NO7/c1-31-13-32-18-12-16(24)11-17(25)20(18)21(27)14-6-8-15(9-7-14)22(28)33-19-5-3-2-4-10-26(19)23(29)30/h6-9,11-12,19H,2-5,10,13H2,1H3,(H,29,30). The van der Waals surface area contributed by atoms with Crippen LogP contribution in [-0.2, 0) is 9.47 Å². The molecule has 176 valence electrons. The highest BCUT2D eigenvalue weighted by Crippen LogP contribution is 2.27. The number of likely N-dealkylation sites (tertiary alicyclic amines) is 1. The van der Waals surface area contributed by atoms with Gasteiger partial charge in [-0.05, 0) is 25.0 Å². The molecule has 0 bridgehead atoms. The molecule has 1 aliphatic rings. The van der Waals surface area contributed by atoms with E-state index in [2.05, 4.69) is 0 Å². The van der Waals surface area contributed by atoms with Gasteiger partial charge in [-0.25, -0.2) is 18.4 Å². The molecule has 0 spiro atoms. The first-order valence-corrected chi connectivity index (χ1v) is 10.3. The number of carboxylic acid groups (broad SMARTS) is 1. The molecule has 1 aliphatic heterocycles. The van der Waals surface area contributed by atoms with Gasteiger partial charge in [0.05, 0.1) is 5.56 Å². The lowest BCUT2D eigenvalue weighted by Gasteiger charge is -2.26. The van der Waals surface area contributed by atoms with Crippen molar-refractivity contribution in [2.24, 2.45) is 0 Å². The van der Waals surface area contributed by atoms with Crippen molar-refractivity contribution in [3.8, 4) is 5.75 Å². The lowest BCUT2D eigenvalue weighted by Crippen LogP contribution is -2.41. The van der Waals surface area contributed by atoms with Crippen LogP contribution in [0.25, 0.3) is 0 Å². The van der Waals surface area contributed by atoms with E-state index in [0.29, 0.717) is 18.9 Å². The fourth-order valence-corrected chi connectivity index (χ4v) is 3.52. The Morgan fingerprint density at radius 3 is 2.42 bits per heavy atom.